The number of rotatable bonds is 2. The van der Waals surface area contributed by atoms with Gasteiger partial charge in [0.05, 0.1) is 12.8 Å². The quantitative estimate of drug-likeness (QED) is 0.788. The Morgan fingerprint density at radius 2 is 2.21 bits per heavy atom. The molecule has 0 saturated heterocycles. The summed E-state index contributed by atoms with van der Waals surface area (Å²) in [5.41, 5.74) is 3.53. The standard InChI is InChI=1S/C15H15NO2S/c1-9-13(15(17)18-2)19-14(16-9)12-8-7-10-5-3-4-6-11(10)12/h3-6,12H,7-8H2,1-2H3. The van der Waals surface area contributed by atoms with E-state index in [2.05, 4.69) is 29.2 Å². The molecule has 1 aromatic heterocycles. The summed E-state index contributed by atoms with van der Waals surface area (Å²) in [5, 5.41) is 1.03. The van der Waals surface area contributed by atoms with E-state index in [1.165, 1.54) is 29.6 Å². The van der Waals surface area contributed by atoms with Crippen LogP contribution in [0.3, 0.4) is 0 Å². The first-order chi connectivity index (χ1) is 9.20. The number of nitrogens with zero attached hydrogens (tertiary/aromatic N) is 1. The fourth-order valence-corrected chi connectivity index (χ4v) is 3.80. The van der Waals surface area contributed by atoms with Crippen molar-refractivity contribution in [3.8, 4) is 0 Å². The Bertz CT molecular complexity index is 633. The van der Waals surface area contributed by atoms with Crippen LogP contribution in [-0.2, 0) is 11.2 Å². The van der Waals surface area contributed by atoms with Crippen LogP contribution in [0.5, 0.6) is 0 Å². The first-order valence-electron chi connectivity index (χ1n) is 6.34. The fourth-order valence-electron chi connectivity index (χ4n) is 2.66. The van der Waals surface area contributed by atoms with E-state index in [0.717, 1.165) is 23.5 Å². The van der Waals surface area contributed by atoms with E-state index in [0.29, 0.717) is 10.8 Å². The van der Waals surface area contributed by atoms with Crippen molar-refractivity contribution in [3.63, 3.8) is 0 Å². The minimum absolute atomic E-state index is 0.285. The number of ether oxygens (including phenoxy) is 1. The maximum absolute atomic E-state index is 11.7. The van der Waals surface area contributed by atoms with E-state index >= 15 is 0 Å². The number of aryl methyl sites for hydroxylation is 2. The molecule has 0 radical (unpaired) electrons. The molecule has 0 N–H and O–H groups in total. The van der Waals surface area contributed by atoms with Gasteiger partial charge in [0.25, 0.3) is 0 Å². The van der Waals surface area contributed by atoms with Gasteiger partial charge in [-0.25, -0.2) is 9.78 Å². The van der Waals surface area contributed by atoms with E-state index in [1.54, 1.807) is 0 Å². The van der Waals surface area contributed by atoms with Gasteiger partial charge < -0.3 is 4.74 Å². The van der Waals surface area contributed by atoms with E-state index in [-0.39, 0.29) is 5.97 Å². The molecule has 1 aliphatic carbocycles. The molecule has 0 saturated carbocycles. The van der Waals surface area contributed by atoms with Crippen molar-refractivity contribution in [2.24, 2.45) is 0 Å². The molecule has 0 aliphatic heterocycles. The summed E-state index contributed by atoms with van der Waals surface area (Å²) in [5.74, 6) is 0.0471. The normalized spacial score (nSPS) is 17.3. The summed E-state index contributed by atoms with van der Waals surface area (Å²) in [6.07, 6.45) is 2.17. The maximum Gasteiger partial charge on any atom is 0.349 e. The Labute approximate surface area is 116 Å². The van der Waals surface area contributed by atoms with Crippen molar-refractivity contribution >= 4 is 17.3 Å². The Morgan fingerprint density at radius 1 is 1.42 bits per heavy atom. The van der Waals surface area contributed by atoms with Crippen molar-refractivity contribution in [1.29, 1.82) is 0 Å². The number of carbonyl (C=O) groups is 1. The molecule has 3 nitrogen and oxygen atoms in total. The molecule has 19 heavy (non-hydrogen) atoms. The third kappa shape index (κ3) is 2.06. The number of benzene rings is 1. The van der Waals surface area contributed by atoms with Gasteiger partial charge in [0, 0.05) is 5.92 Å². The first kappa shape index (κ1) is 12.4. The Hall–Kier alpha value is -1.68. The minimum atomic E-state index is -0.285. The van der Waals surface area contributed by atoms with Crippen LogP contribution in [0, 0.1) is 6.92 Å². The first-order valence-corrected chi connectivity index (χ1v) is 7.15. The van der Waals surface area contributed by atoms with E-state index in [4.69, 9.17) is 4.74 Å². The molecule has 3 rings (SSSR count). The van der Waals surface area contributed by atoms with Crippen LogP contribution in [0.15, 0.2) is 24.3 Å². The number of methoxy groups -OCH3 is 1. The zero-order valence-corrected chi connectivity index (χ0v) is 11.8. The second-order valence-electron chi connectivity index (χ2n) is 4.75. The SMILES string of the molecule is COC(=O)c1sc(C2CCc3ccccc32)nc1C. The minimum Gasteiger partial charge on any atom is -0.465 e. The molecule has 2 aromatic rings. The predicted molar refractivity (Wildman–Crippen MR) is 74.8 cm³/mol. The summed E-state index contributed by atoms with van der Waals surface area (Å²) in [7, 11) is 1.41. The van der Waals surface area contributed by atoms with Crippen LogP contribution >= 0.6 is 11.3 Å². The van der Waals surface area contributed by atoms with Crippen molar-refractivity contribution in [1.82, 2.24) is 4.98 Å². The molecule has 1 unspecified atom stereocenters. The number of esters is 1. The molecule has 1 heterocycles. The Kier molecular flexibility index (Phi) is 3.11. The maximum atomic E-state index is 11.7. The average Bonchev–Trinajstić information content (AvgIpc) is 3.01. The van der Waals surface area contributed by atoms with Gasteiger partial charge >= 0.3 is 5.97 Å². The summed E-state index contributed by atoms with van der Waals surface area (Å²) < 4.78 is 4.79. The second kappa shape index (κ2) is 4.78. The van der Waals surface area contributed by atoms with Gasteiger partial charge in [-0.3, -0.25) is 0 Å². The zero-order chi connectivity index (χ0) is 13.4. The highest BCUT2D eigenvalue weighted by Crippen LogP contribution is 2.40. The monoisotopic (exact) mass is 273 g/mol. The Morgan fingerprint density at radius 3 is 3.00 bits per heavy atom. The molecule has 4 heteroatoms. The van der Waals surface area contributed by atoms with Gasteiger partial charge in [0.15, 0.2) is 0 Å². The highest BCUT2D eigenvalue weighted by molar-refractivity contribution is 7.13. The fraction of sp³-hybridized carbons (Fsp3) is 0.333. The Balaban J connectivity index is 1.99. The topological polar surface area (TPSA) is 39.2 Å². The number of fused-ring (bicyclic) bond motifs is 1. The van der Waals surface area contributed by atoms with E-state index in [9.17, 15) is 4.79 Å². The van der Waals surface area contributed by atoms with Gasteiger partial charge in [0.1, 0.15) is 9.88 Å². The molecular formula is C15H15NO2S. The number of carbonyl (C=O) groups excluding carboxylic acids is 1. The van der Waals surface area contributed by atoms with Crippen molar-refractivity contribution in [3.05, 3.63) is 51.0 Å². The highest BCUT2D eigenvalue weighted by Gasteiger charge is 2.28. The summed E-state index contributed by atoms with van der Waals surface area (Å²) in [4.78, 5) is 16.9. The molecule has 1 aromatic carbocycles. The van der Waals surface area contributed by atoms with Gasteiger partial charge in [-0.1, -0.05) is 24.3 Å². The highest BCUT2D eigenvalue weighted by atomic mass is 32.1. The summed E-state index contributed by atoms with van der Waals surface area (Å²) >= 11 is 1.47. The van der Waals surface area contributed by atoms with Crippen LogP contribution in [0.1, 0.15) is 43.8 Å². The molecule has 0 amide bonds. The summed E-state index contributed by atoms with van der Waals surface area (Å²) in [6.45, 7) is 1.87. The molecule has 0 bridgehead atoms. The number of hydrogen-bond acceptors (Lipinski definition) is 4. The smallest absolute Gasteiger partial charge is 0.349 e. The zero-order valence-electron chi connectivity index (χ0n) is 11.0. The van der Waals surface area contributed by atoms with Gasteiger partial charge in [-0.2, -0.15) is 0 Å². The predicted octanol–water partition coefficient (Wildman–Crippen LogP) is 3.32. The molecule has 98 valence electrons. The van der Waals surface area contributed by atoms with Gasteiger partial charge in [0.2, 0.25) is 0 Å². The van der Waals surface area contributed by atoms with Crippen LogP contribution in [0.25, 0.3) is 0 Å². The second-order valence-corrected chi connectivity index (χ2v) is 5.78. The number of aromatic nitrogens is 1. The average molecular weight is 273 g/mol. The lowest BCUT2D eigenvalue weighted by atomic mass is 10.0. The molecule has 1 atom stereocenters. The molecular weight excluding hydrogens is 258 g/mol. The lowest BCUT2D eigenvalue weighted by Crippen LogP contribution is -1.99. The van der Waals surface area contributed by atoms with E-state index < -0.39 is 0 Å². The number of thiazole rings is 1. The van der Waals surface area contributed by atoms with E-state index in [1.807, 2.05) is 6.92 Å². The lowest BCUT2D eigenvalue weighted by Gasteiger charge is -2.07. The third-order valence-corrected chi connectivity index (χ3v) is 4.87. The molecule has 0 fully saturated rings. The van der Waals surface area contributed by atoms with Crippen LogP contribution in [0.2, 0.25) is 0 Å². The largest absolute Gasteiger partial charge is 0.465 e. The van der Waals surface area contributed by atoms with Crippen molar-refractivity contribution in [2.45, 2.75) is 25.7 Å². The molecule has 1 aliphatic rings. The van der Waals surface area contributed by atoms with Gasteiger partial charge in [-0.15, -0.1) is 11.3 Å². The van der Waals surface area contributed by atoms with Gasteiger partial charge in [-0.05, 0) is 30.9 Å². The van der Waals surface area contributed by atoms with Crippen LogP contribution in [0.4, 0.5) is 0 Å². The van der Waals surface area contributed by atoms with Crippen molar-refractivity contribution < 1.29 is 9.53 Å². The van der Waals surface area contributed by atoms with Crippen LogP contribution < -0.4 is 0 Å². The van der Waals surface area contributed by atoms with Crippen LogP contribution in [-0.4, -0.2) is 18.1 Å². The summed E-state index contributed by atoms with van der Waals surface area (Å²) in [6, 6.07) is 8.49. The third-order valence-electron chi connectivity index (χ3n) is 3.61. The lowest BCUT2D eigenvalue weighted by molar-refractivity contribution is 0.0605. The van der Waals surface area contributed by atoms with Crippen molar-refractivity contribution in [2.75, 3.05) is 7.11 Å². The molecule has 0 spiro atoms. The number of hydrogen-bond donors (Lipinski definition) is 0.